The van der Waals surface area contributed by atoms with E-state index < -0.39 is 0 Å². The van der Waals surface area contributed by atoms with Crippen molar-refractivity contribution in [3.05, 3.63) is 53.9 Å². The van der Waals surface area contributed by atoms with Crippen LogP contribution in [0.4, 0.5) is 0 Å². The third-order valence-electron chi connectivity index (χ3n) is 6.18. The number of rotatable bonds is 5. The van der Waals surface area contributed by atoms with Gasteiger partial charge in [0.1, 0.15) is 0 Å². The lowest BCUT2D eigenvalue weighted by molar-refractivity contribution is -0.132. The first-order chi connectivity index (χ1) is 14.4. The van der Waals surface area contributed by atoms with Gasteiger partial charge >= 0.3 is 0 Å². The molecule has 158 valence electrons. The average molecular weight is 405 g/mol. The zero-order chi connectivity index (χ0) is 21.3. The molecule has 1 fully saturated rings. The third-order valence-corrected chi connectivity index (χ3v) is 6.18. The lowest BCUT2D eigenvalue weighted by atomic mass is 9.87. The topological polar surface area (TPSA) is 52.2 Å². The predicted molar refractivity (Wildman–Crippen MR) is 123 cm³/mol. The number of hydrogen-bond donors (Lipinski definition) is 1. The van der Waals surface area contributed by atoms with Crippen LogP contribution in [0.15, 0.2) is 42.7 Å². The normalized spacial score (nSPS) is 15.5. The van der Waals surface area contributed by atoms with Gasteiger partial charge in [-0.25, -0.2) is 0 Å². The van der Waals surface area contributed by atoms with Gasteiger partial charge in [-0.05, 0) is 74.2 Å². The zero-order valence-electron chi connectivity index (χ0n) is 18.5. The number of aromatic nitrogens is 2. The molecule has 0 atom stereocenters. The summed E-state index contributed by atoms with van der Waals surface area (Å²) in [6.07, 6.45) is 5.76. The van der Waals surface area contributed by atoms with Crippen LogP contribution in [-0.4, -0.2) is 59.4 Å². The zero-order valence-corrected chi connectivity index (χ0v) is 18.5. The van der Waals surface area contributed by atoms with Crippen LogP contribution in [-0.2, 0) is 4.79 Å². The first kappa shape index (κ1) is 20.6. The van der Waals surface area contributed by atoms with Crippen molar-refractivity contribution in [3.63, 3.8) is 0 Å². The predicted octanol–water partition coefficient (Wildman–Crippen LogP) is 4.62. The molecule has 5 nitrogen and oxygen atoms in total. The van der Waals surface area contributed by atoms with Gasteiger partial charge in [0, 0.05) is 41.9 Å². The fourth-order valence-corrected chi connectivity index (χ4v) is 4.66. The molecule has 4 rings (SSSR count). The first-order valence-corrected chi connectivity index (χ1v) is 10.9. The number of fused-ring (bicyclic) bond motifs is 1. The minimum atomic E-state index is 0.239. The number of benzene rings is 1. The molecule has 0 bridgehead atoms. The van der Waals surface area contributed by atoms with Gasteiger partial charge in [-0.15, -0.1) is 0 Å². The monoisotopic (exact) mass is 404 g/mol. The number of likely N-dealkylation sites (tertiary alicyclic amines) is 1. The number of amides is 1. The van der Waals surface area contributed by atoms with Gasteiger partial charge < -0.3 is 14.8 Å². The van der Waals surface area contributed by atoms with Crippen molar-refractivity contribution in [2.45, 2.75) is 38.5 Å². The second-order valence-corrected chi connectivity index (χ2v) is 9.00. The van der Waals surface area contributed by atoms with Crippen molar-refractivity contribution in [2.24, 2.45) is 0 Å². The summed E-state index contributed by atoms with van der Waals surface area (Å²) in [7, 11) is 3.90. The lowest BCUT2D eigenvalue weighted by Gasteiger charge is -2.33. The van der Waals surface area contributed by atoms with E-state index in [4.69, 9.17) is 0 Å². The highest BCUT2D eigenvalue weighted by Gasteiger charge is 2.25. The number of pyridine rings is 1. The van der Waals surface area contributed by atoms with Crippen molar-refractivity contribution >= 4 is 16.8 Å². The van der Waals surface area contributed by atoms with E-state index in [9.17, 15) is 4.79 Å². The molecule has 1 amide bonds. The van der Waals surface area contributed by atoms with E-state index in [0.717, 1.165) is 25.9 Å². The smallest absolute Gasteiger partial charge is 0.236 e. The van der Waals surface area contributed by atoms with Gasteiger partial charge in [0.2, 0.25) is 5.91 Å². The molecule has 2 aromatic heterocycles. The summed E-state index contributed by atoms with van der Waals surface area (Å²) in [6, 6.07) is 11.0. The Morgan fingerprint density at radius 1 is 1.17 bits per heavy atom. The summed E-state index contributed by atoms with van der Waals surface area (Å²) >= 11 is 0. The minimum absolute atomic E-state index is 0.239. The van der Waals surface area contributed by atoms with E-state index in [1.165, 1.54) is 33.3 Å². The van der Waals surface area contributed by atoms with Crippen LogP contribution in [0.1, 0.15) is 49.7 Å². The Balaban J connectivity index is 1.60. The van der Waals surface area contributed by atoms with E-state index in [2.05, 4.69) is 54.1 Å². The van der Waals surface area contributed by atoms with Crippen LogP contribution in [0.25, 0.3) is 22.2 Å². The van der Waals surface area contributed by atoms with Crippen molar-refractivity contribution in [2.75, 3.05) is 33.7 Å². The van der Waals surface area contributed by atoms with Crippen LogP contribution < -0.4 is 0 Å². The molecule has 1 aromatic carbocycles. The van der Waals surface area contributed by atoms with Gasteiger partial charge in [0.15, 0.2) is 0 Å². The number of carbonyl (C=O) groups excluding carboxylic acids is 1. The highest BCUT2D eigenvalue weighted by Crippen LogP contribution is 2.38. The average Bonchev–Trinajstić information content (AvgIpc) is 3.13. The number of aromatic amines is 1. The van der Waals surface area contributed by atoms with Gasteiger partial charge in [0.25, 0.3) is 0 Å². The SMILES string of the molecule is CC(C)c1c(-c2ccncc2)[nH]c2ccc(C3CCN(C(=O)CN(C)C)CC3)cc12. The summed E-state index contributed by atoms with van der Waals surface area (Å²) in [6.45, 7) is 6.71. The number of hydrogen-bond acceptors (Lipinski definition) is 3. The molecule has 3 aromatic rings. The highest BCUT2D eigenvalue weighted by atomic mass is 16.2. The number of H-pyrrole nitrogens is 1. The molecule has 1 aliphatic heterocycles. The fourth-order valence-electron chi connectivity index (χ4n) is 4.66. The van der Waals surface area contributed by atoms with Gasteiger partial charge in [-0.1, -0.05) is 19.9 Å². The van der Waals surface area contributed by atoms with Crippen LogP contribution >= 0.6 is 0 Å². The molecular formula is C25H32N4O. The van der Waals surface area contributed by atoms with Crippen LogP contribution in [0.3, 0.4) is 0 Å². The number of piperidine rings is 1. The standard InChI is InChI=1S/C25H32N4O/c1-17(2)24-21-15-20(18-9-13-29(14-10-18)23(30)16-28(3)4)5-6-22(21)27-25(24)19-7-11-26-12-8-19/h5-8,11-12,15,17-18,27H,9-10,13-14,16H2,1-4H3. The maximum atomic E-state index is 12.4. The summed E-state index contributed by atoms with van der Waals surface area (Å²) < 4.78 is 0. The van der Waals surface area contributed by atoms with Crippen LogP contribution in [0.5, 0.6) is 0 Å². The lowest BCUT2D eigenvalue weighted by Crippen LogP contribution is -2.42. The van der Waals surface area contributed by atoms with Crippen molar-refractivity contribution in [1.29, 1.82) is 0 Å². The van der Waals surface area contributed by atoms with E-state index in [1.54, 1.807) is 0 Å². The maximum absolute atomic E-state index is 12.4. The van der Waals surface area contributed by atoms with Crippen molar-refractivity contribution in [1.82, 2.24) is 19.8 Å². The molecule has 0 aliphatic carbocycles. The van der Waals surface area contributed by atoms with Crippen LogP contribution in [0.2, 0.25) is 0 Å². The van der Waals surface area contributed by atoms with Gasteiger partial charge in [-0.3, -0.25) is 9.78 Å². The van der Waals surface area contributed by atoms with Crippen molar-refractivity contribution < 1.29 is 4.79 Å². The summed E-state index contributed by atoms with van der Waals surface area (Å²) in [5.41, 5.74) is 6.33. The van der Waals surface area contributed by atoms with Gasteiger partial charge in [-0.2, -0.15) is 0 Å². The number of likely N-dealkylation sites (N-methyl/N-ethyl adjacent to an activating group) is 1. The van der Waals surface area contributed by atoms with Gasteiger partial charge in [0.05, 0.1) is 12.2 Å². The molecule has 0 saturated carbocycles. The molecule has 0 unspecified atom stereocenters. The Morgan fingerprint density at radius 2 is 1.87 bits per heavy atom. The van der Waals surface area contributed by atoms with E-state index in [-0.39, 0.29) is 5.91 Å². The summed E-state index contributed by atoms with van der Waals surface area (Å²) in [5.74, 6) is 1.17. The second kappa shape index (κ2) is 8.60. The molecule has 30 heavy (non-hydrogen) atoms. The largest absolute Gasteiger partial charge is 0.354 e. The first-order valence-electron chi connectivity index (χ1n) is 10.9. The summed E-state index contributed by atoms with van der Waals surface area (Å²) in [5, 5.41) is 1.32. The van der Waals surface area contributed by atoms with E-state index >= 15 is 0 Å². The number of carbonyl (C=O) groups is 1. The number of nitrogens with one attached hydrogen (secondary N) is 1. The molecule has 3 heterocycles. The third kappa shape index (κ3) is 4.12. The minimum Gasteiger partial charge on any atom is -0.354 e. The Labute approximate surface area is 179 Å². The Morgan fingerprint density at radius 3 is 2.50 bits per heavy atom. The highest BCUT2D eigenvalue weighted by molar-refractivity contribution is 5.92. The molecule has 0 radical (unpaired) electrons. The van der Waals surface area contributed by atoms with E-state index in [1.807, 2.05) is 36.3 Å². The molecular weight excluding hydrogens is 372 g/mol. The molecule has 1 N–H and O–H groups in total. The Kier molecular flexibility index (Phi) is 5.91. The molecule has 1 saturated heterocycles. The number of nitrogens with zero attached hydrogens (tertiary/aromatic N) is 3. The maximum Gasteiger partial charge on any atom is 0.236 e. The quantitative estimate of drug-likeness (QED) is 0.675. The molecule has 0 spiro atoms. The fraction of sp³-hybridized carbons (Fsp3) is 0.440. The second-order valence-electron chi connectivity index (χ2n) is 9.00. The van der Waals surface area contributed by atoms with Crippen LogP contribution in [0, 0.1) is 0 Å². The Bertz CT molecular complexity index is 1010. The van der Waals surface area contributed by atoms with Crippen molar-refractivity contribution in [3.8, 4) is 11.3 Å². The molecule has 1 aliphatic rings. The molecule has 5 heteroatoms. The van der Waals surface area contributed by atoms with E-state index in [0.29, 0.717) is 18.4 Å². The summed E-state index contributed by atoms with van der Waals surface area (Å²) in [4.78, 5) is 24.1. The Hall–Kier alpha value is -2.66.